The Kier molecular flexibility index (Phi) is 5.88. The highest BCUT2D eigenvalue weighted by Gasteiger charge is 1.88. The second-order valence-corrected chi connectivity index (χ2v) is 1.92. The molecule has 0 aromatic rings. The largest absolute Gasteiger partial charge is 0.504 e. The Morgan fingerprint density at radius 2 is 2.20 bits per heavy atom. The van der Waals surface area contributed by atoms with Crippen molar-refractivity contribution in [2.75, 3.05) is 7.11 Å². The number of aliphatic hydroxyl groups excluding tert-OH is 1. The fourth-order valence-corrected chi connectivity index (χ4v) is 0.452. The molecular formula is C8H14O2. The maximum absolute atomic E-state index is 9.00. The van der Waals surface area contributed by atoms with Gasteiger partial charge in [-0.1, -0.05) is 19.1 Å². The van der Waals surface area contributed by atoms with E-state index >= 15 is 0 Å². The zero-order valence-corrected chi connectivity index (χ0v) is 6.45. The van der Waals surface area contributed by atoms with E-state index in [1.807, 2.05) is 6.92 Å². The highest BCUT2D eigenvalue weighted by atomic mass is 16.5. The van der Waals surface area contributed by atoms with Gasteiger partial charge in [0.1, 0.15) is 0 Å². The minimum absolute atomic E-state index is 0.332. The molecule has 0 aromatic heterocycles. The van der Waals surface area contributed by atoms with Crippen LogP contribution in [-0.4, -0.2) is 18.3 Å². The van der Waals surface area contributed by atoms with Gasteiger partial charge in [-0.25, -0.2) is 0 Å². The van der Waals surface area contributed by atoms with Crippen molar-refractivity contribution in [3.63, 3.8) is 0 Å². The van der Waals surface area contributed by atoms with E-state index in [-0.39, 0.29) is 6.10 Å². The van der Waals surface area contributed by atoms with Crippen LogP contribution < -0.4 is 0 Å². The maximum atomic E-state index is 9.00. The van der Waals surface area contributed by atoms with E-state index < -0.39 is 0 Å². The molecule has 0 aromatic carbocycles. The average molecular weight is 142 g/mol. The molecule has 0 saturated carbocycles. The lowest BCUT2D eigenvalue weighted by molar-refractivity contribution is 0.219. The van der Waals surface area contributed by atoms with Gasteiger partial charge in [-0.2, -0.15) is 0 Å². The zero-order valence-electron chi connectivity index (χ0n) is 6.45. The van der Waals surface area contributed by atoms with Crippen LogP contribution in [0.1, 0.15) is 13.3 Å². The minimum Gasteiger partial charge on any atom is -0.504 e. The SMILES string of the molecule is CC[C@@H](O)/C=C/C=C/OC. The van der Waals surface area contributed by atoms with Crippen molar-refractivity contribution in [1.29, 1.82) is 0 Å². The number of rotatable bonds is 4. The first-order valence-corrected chi connectivity index (χ1v) is 3.35. The van der Waals surface area contributed by atoms with Gasteiger partial charge < -0.3 is 9.84 Å². The Labute approximate surface area is 61.8 Å². The summed E-state index contributed by atoms with van der Waals surface area (Å²) < 4.78 is 4.64. The minimum atomic E-state index is -0.332. The smallest absolute Gasteiger partial charge is 0.0824 e. The van der Waals surface area contributed by atoms with Crippen LogP contribution in [0.15, 0.2) is 24.5 Å². The first-order chi connectivity index (χ1) is 4.81. The van der Waals surface area contributed by atoms with Crippen molar-refractivity contribution in [3.05, 3.63) is 24.5 Å². The van der Waals surface area contributed by atoms with E-state index in [0.29, 0.717) is 0 Å². The molecule has 0 heterocycles. The van der Waals surface area contributed by atoms with Crippen molar-refractivity contribution in [2.45, 2.75) is 19.4 Å². The van der Waals surface area contributed by atoms with Gasteiger partial charge >= 0.3 is 0 Å². The summed E-state index contributed by atoms with van der Waals surface area (Å²) in [5.41, 5.74) is 0. The second kappa shape index (κ2) is 6.36. The van der Waals surface area contributed by atoms with Crippen LogP contribution in [0.2, 0.25) is 0 Å². The van der Waals surface area contributed by atoms with Gasteiger partial charge in [0.15, 0.2) is 0 Å². The predicted octanol–water partition coefficient (Wildman–Crippen LogP) is 1.47. The van der Waals surface area contributed by atoms with Gasteiger partial charge in [0, 0.05) is 0 Å². The van der Waals surface area contributed by atoms with Gasteiger partial charge in [0.05, 0.1) is 19.5 Å². The number of methoxy groups -OCH3 is 1. The standard InChI is InChI=1S/C8H14O2/c1-3-8(9)6-4-5-7-10-2/h4-9H,3H2,1-2H3/b6-4+,7-5+/t8-/m1/s1. The Balaban J connectivity index is 3.44. The summed E-state index contributed by atoms with van der Waals surface area (Å²) in [4.78, 5) is 0. The fourth-order valence-electron chi connectivity index (χ4n) is 0.452. The van der Waals surface area contributed by atoms with Crippen LogP contribution >= 0.6 is 0 Å². The molecule has 1 N–H and O–H groups in total. The van der Waals surface area contributed by atoms with Gasteiger partial charge in [-0.15, -0.1) is 0 Å². The summed E-state index contributed by atoms with van der Waals surface area (Å²) in [5, 5.41) is 9.00. The number of allylic oxidation sites excluding steroid dienone is 2. The molecule has 1 atom stereocenters. The molecular weight excluding hydrogens is 128 g/mol. The average Bonchev–Trinajstić information content (AvgIpc) is 1.98. The highest BCUT2D eigenvalue weighted by Crippen LogP contribution is 1.91. The molecule has 0 saturated heterocycles. The zero-order chi connectivity index (χ0) is 7.82. The summed E-state index contributed by atoms with van der Waals surface area (Å²) in [6.45, 7) is 1.93. The van der Waals surface area contributed by atoms with Gasteiger partial charge in [-0.3, -0.25) is 0 Å². The van der Waals surface area contributed by atoms with Crippen molar-refractivity contribution < 1.29 is 9.84 Å². The Hall–Kier alpha value is -0.760. The summed E-state index contributed by atoms with van der Waals surface area (Å²) in [5.74, 6) is 0. The molecule has 0 aliphatic carbocycles. The molecule has 0 bridgehead atoms. The molecule has 2 heteroatoms. The molecule has 0 aliphatic heterocycles. The second-order valence-electron chi connectivity index (χ2n) is 1.92. The van der Waals surface area contributed by atoms with E-state index in [0.717, 1.165) is 6.42 Å². The van der Waals surface area contributed by atoms with Crippen LogP contribution in [0.4, 0.5) is 0 Å². The third kappa shape index (κ3) is 5.38. The highest BCUT2D eigenvalue weighted by molar-refractivity contribution is 5.02. The fraction of sp³-hybridized carbons (Fsp3) is 0.500. The van der Waals surface area contributed by atoms with Crippen LogP contribution in [0.25, 0.3) is 0 Å². The summed E-state index contributed by atoms with van der Waals surface area (Å²) in [7, 11) is 1.58. The number of aliphatic hydroxyl groups is 1. The molecule has 0 unspecified atom stereocenters. The number of ether oxygens (including phenoxy) is 1. The lowest BCUT2D eigenvalue weighted by Crippen LogP contribution is -1.97. The van der Waals surface area contributed by atoms with Crippen LogP contribution in [0.5, 0.6) is 0 Å². The first kappa shape index (κ1) is 9.24. The van der Waals surface area contributed by atoms with E-state index in [1.54, 1.807) is 31.6 Å². The summed E-state index contributed by atoms with van der Waals surface area (Å²) >= 11 is 0. The van der Waals surface area contributed by atoms with Gasteiger partial charge in [0.25, 0.3) is 0 Å². The molecule has 0 aliphatic rings. The normalized spacial score (nSPS) is 14.7. The molecule has 0 spiro atoms. The predicted molar refractivity (Wildman–Crippen MR) is 41.6 cm³/mol. The molecule has 0 fully saturated rings. The quantitative estimate of drug-likeness (QED) is 0.476. The Morgan fingerprint density at radius 3 is 2.70 bits per heavy atom. The molecule has 58 valence electrons. The van der Waals surface area contributed by atoms with Crippen LogP contribution in [0, 0.1) is 0 Å². The summed E-state index contributed by atoms with van der Waals surface area (Å²) in [6.07, 6.45) is 7.18. The Bertz CT molecular complexity index is 116. The van der Waals surface area contributed by atoms with Gasteiger partial charge in [-0.05, 0) is 12.5 Å². The van der Waals surface area contributed by atoms with Gasteiger partial charge in [0.2, 0.25) is 0 Å². The lowest BCUT2D eigenvalue weighted by atomic mass is 10.2. The topological polar surface area (TPSA) is 29.5 Å². The first-order valence-electron chi connectivity index (χ1n) is 3.35. The number of hydrogen-bond acceptors (Lipinski definition) is 2. The molecule has 0 amide bonds. The summed E-state index contributed by atoms with van der Waals surface area (Å²) in [6, 6.07) is 0. The molecule has 0 rings (SSSR count). The third-order valence-electron chi connectivity index (χ3n) is 1.08. The lowest BCUT2D eigenvalue weighted by Gasteiger charge is -1.95. The number of hydrogen-bond donors (Lipinski definition) is 1. The molecule has 10 heavy (non-hydrogen) atoms. The van der Waals surface area contributed by atoms with Crippen molar-refractivity contribution in [1.82, 2.24) is 0 Å². The van der Waals surface area contributed by atoms with E-state index in [9.17, 15) is 0 Å². The van der Waals surface area contributed by atoms with Crippen molar-refractivity contribution >= 4 is 0 Å². The monoisotopic (exact) mass is 142 g/mol. The maximum Gasteiger partial charge on any atom is 0.0824 e. The van der Waals surface area contributed by atoms with E-state index in [4.69, 9.17) is 5.11 Å². The van der Waals surface area contributed by atoms with Crippen LogP contribution in [-0.2, 0) is 4.74 Å². The van der Waals surface area contributed by atoms with Crippen molar-refractivity contribution in [2.24, 2.45) is 0 Å². The van der Waals surface area contributed by atoms with E-state index in [1.165, 1.54) is 0 Å². The van der Waals surface area contributed by atoms with E-state index in [2.05, 4.69) is 4.74 Å². The molecule has 2 nitrogen and oxygen atoms in total. The Morgan fingerprint density at radius 1 is 1.50 bits per heavy atom. The van der Waals surface area contributed by atoms with Crippen molar-refractivity contribution in [3.8, 4) is 0 Å². The van der Waals surface area contributed by atoms with Crippen LogP contribution in [0.3, 0.4) is 0 Å². The molecule has 0 radical (unpaired) electrons. The third-order valence-corrected chi connectivity index (χ3v) is 1.08.